The summed E-state index contributed by atoms with van der Waals surface area (Å²) in [5.41, 5.74) is 2.51. The summed E-state index contributed by atoms with van der Waals surface area (Å²) < 4.78 is 0. The second kappa shape index (κ2) is 8.09. The number of hydrogen-bond donors (Lipinski definition) is 0. The number of nitrogens with zero attached hydrogens (tertiary/aromatic N) is 4. The summed E-state index contributed by atoms with van der Waals surface area (Å²) in [5.74, 6) is 0.389. The Kier molecular flexibility index (Phi) is 5.59. The lowest BCUT2D eigenvalue weighted by Gasteiger charge is -2.35. The Balaban J connectivity index is 1.70. The van der Waals surface area contributed by atoms with E-state index in [1.54, 1.807) is 17.0 Å². The van der Waals surface area contributed by atoms with E-state index in [1.807, 2.05) is 35.2 Å². The maximum Gasteiger partial charge on any atom is 0.293 e. The molecule has 1 fully saturated rings. The molecule has 0 aromatic heterocycles. The normalized spacial score (nSPS) is 14.1. The largest absolute Gasteiger partial charge is 0.362 e. The van der Waals surface area contributed by atoms with E-state index in [0.717, 1.165) is 0 Å². The fourth-order valence-electron chi connectivity index (χ4n) is 3.35. The van der Waals surface area contributed by atoms with Gasteiger partial charge >= 0.3 is 0 Å². The van der Waals surface area contributed by atoms with Crippen molar-refractivity contribution >= 4 is 17.3 Å². The molecule has 1 amide bonds. The van der Waals surface area contributed by atoms with Crippen molar-refractivity contribution in [3.05, 3.63) is 69.3 Å². The zero-order valence-corrected chi connectivity index (χ0v) is 16.0. The van der Waals surface area contributed by atoms with Crippen LogP contribution in [0.2, 0.25) is 0 Å². The monoisotopic (exact) mass is 378 g/mol. The molecule has 1 heterocycles. The quantitative estimate of drug-likeness (QED) is 0.599. The van der Waals surface area contributed by atoms with Crippen molar-refractivity contribution < 1.29 is 9.72 Å². The molecule has 2 aromatic rings. The van der Waals surface area contributed by atoms with Crippen molar-refractivity contribution in [1.82, 2.24) is 4.90 Å². The molecule has 3 rings (SSSR count). The predicted octanol–water partition coefficient (Wildman–Crippen LogP) is 3.55. The van der Waals surface area contributed by atoms with Gasteiger partial charge in [-0.05, 0) is 35.7 Å². The fourth-order valence-corrected chi connectivity index (χ4v) is 3.35. The maximum atomic E-state index is 12.7. The third-order valence-corrected chi connectivity index (χ3v) is 5.03. The maximum absolute atomic E-state index is 12.7. The summed E-state index contributed by atoms with van der Waals surface area (Å²) in [6.07, 6.45) is 0. The number of amides is 1. The van der Waals surface area contributed by atoms with Gasteiger partial charge in [-0.1, -0.05) is 26.0 Å². The highest BCUT2D eigenvalue weighted by Crippen LogP contribution is 2.30. The summed E-state index contributed by atoms with van der Waals surface area (Å²) in [5, 5.41) is 20.3. The standard InChI is InChI=1S/C21H22N4O3/c1-15(2)17-4-6-18(7-5-17)21(26)24-11-9-23(10-12-24)19-8-3-16(14-22)13-20(19)25(27)28/h3-8,13,15H,9-12H2,1-2H3. The van der Waals surface area contributed by atoms with Crippen LogP contribution >= 0.6 is 0 Å². The number of nitro benzene ring substituents is 1. The first-order valence-electron chi connectivity index (χ1n) is 9.23. The Hall–Kier alpha value is -3.40. The lowest BCUT2D eigenvalue weighted by Crippen LogP contribution is -2.49. The number of nitro groups is 1. The summed E-state index contributed by atoms with van der Waals surface area (Å²) >= 11 is 0. The number of hydrogen-bond acceptors (Lipinski definition) is 5. The second-order valence-electron chi connectivity index (χ2n) is 7.13. The van der Waals surface area contributed by atoms with Crippen LogP contribution in [0.15, 0.2) is 42.5 Å². The molecule has 2 aromatic carbocycles. The summed E-state index contributed by atoms with van der Waals surface area (Å²) in [6.45, 7) is 6.20. The van der Waals surface area contributed by atoms with Crippen molar-refractivity contribution in [2.45, 2.75) is 19.8 Å². The van der Waals surface area contributed by atoms with E-state index in [0.29, 0.717) is 43.3 Å². The van der Waals surface area contributed by atoms with Crippen molar-refractivity contribution in [1.29, 1.82) is 5.26 Å². The number of rotatable bonds is 4. The van der Waals surface area contributed by atoms with E-state index in [2.05, 4.69) is 13.8 Å². The Morgan fingerprint density at radius 2 is 1.75 bits per heavy atom. The van der Waals surface area contributed by atoms with Gasteiger partial charge in [-0.2, -0.15) is 5.26 Å². The number of carbonyl (C=O) groups is 1. The first kappa shape index (κ1) is 19.4. The molecular formula is C21H22N4O3. The van der Waals surface area contributed by atoms with Gasteiger partial charge in [0.2, 0.25) is 0 Å². The van der Waals surface area contributed by atoms with Gasteiger partial charge in [0.15, 0.2) is 0 Å². The molecule has 0 N–H and O–H groups in total. The minimum absolute atomic E-state index is 0.0238. The number of nitriles is 1. The van der Waals surface area contributed by atoms with Crippen molar-refractivity contribution in [3.8, 4) is 6.07 Å². The third-order valence-electron chi connectivity index (χ3n) is 5.03. The molecule has 7 heteroatoms. The van der Waals surface area contributed by atoms with Gasteiger partial charge < -0.3 is 9.80 Å². The molecule has 1 saturated heterocycles. The third kappa shape index (κ3) is 3.96. The molecule has 1 aliphatic rings. The zero-order chi connectivity index (χ0) is 20.3. The molecule has 28 heavy (non-hydrogen) atoms. The summed E-state index contributed by atoms with van der Waals surface area (Å²) in [4.78, 5) is 27.3. The van der Waals surface area contributed by atoms with Crippen LogP contribution in [0.4, 0.5) is 11.4 Å². The molecule has 0 bridgehead atoms. The summed E-state index contributed by atoms with van der Waals surface area (Å²) in [7, 11) is 0. The van der Waals surface area contributed by atoms with Crippen LogP contribution in [0.25, 0.3) is 0 Å². The van der Waals surface area contributed by atoms with Crippen molar-refractivity contribution in [2.24, 2.45) is 0 Å². The highest BCUT2D eigenvalue weighted by Gasteiger charge is 2.26. The van der Waals surface area contributed by atoms with Crippen LogP contribution in [-0.4, -0.2) is 41.9 Å². The number of carbonyl (C=O) groups excluding carboxylic acids is 1. The van der Waals surface area contributed by atoms with Crippen molar-refractivity contribution in [2.75, 3.05) is 31.1 Å². The van der Waals surface area contributed by atoms with E-state index < -0.39 is 4.92 Å². The van der Waals surface area contributed by atoms with Crippen LogP contribution in [0.3, 0.4) is 0 Å². The Bertz CT molecular complexity index is 924. The van der Waals surface area contributed by atoms with Gasteiger partial charge in [0.05, 0.1) is 16.6 Å². The van der Waals surface area contributed by atoms with Crippen LogP contribution in [0.5, 0.6) is 0 Å². The van der Waals surface area contributed by atoms with Gasteiger partial charge in [0.1, 0.15) is 5.69 Å². The highest BCUT2D eigenvalue weighted by atomic mass is 16.6. The first-order valence-corrected chi connectivity index (χ1v) is 9.23. The molecule has 1 aliphatic heterocycles. The minimum atomic E-state index is -0.468. The lowest BCUT2D eigenvalue weighted by molar-refractivity contribution is -0.384. The van der Waals surface area contributed by atoms with Crippen LogP contribution in [-0.2, 0) is 0 Å². The SMILES string of the molecule is CC(C)c1ccc(C(=O)N2CCN(c3ccc(C#N)cc3[N+](=O)[O-])CC2)cc1. The first-order chi connectivity index (χ1) is 13.4. The van der Waals surface area contributed by atoms with E-state index in [-0.39, 0.29) is 17.2 Å². The smallest absolute Gasteiger partial charge is 0.293 e. The van der Waals surface area contributed by atoms with E-state index in [4.69, 9.17) is 5.26 Å². The predicted molar refractivity (Wildman–Crippen MR) is 106 cm³/mol. The van der Waals surface area contributed by atoms with Gasteiger partial charge in [-0.15, -0.1) is 0 Å². The molecule has 0 aliphatic carbocycles. The molecule has 0 unspecified atom stereocenters. The van der Waals surface area contributed by atoms with Gasteiger partial charge in [-0.3, -0.25) is 14.9 Å². The van der Waals surface area contributed by atoms with Crippen molar-refractivity contribution in [3.63, 3.8) is 0 Å². The molecule has 7 nitrogen and oxygen atoms in total. The topological polar surface area (TPSA) is 90.5 Å². The average molecular weight is 378 g/mol. The van der Waals surface area contributed by atoms with Crippen LogP contribution in [0, 0.1) is 21.4 Å². The van der Waals surface area contributed by atoms with Crippen LogP contribution in [0.1, 0.15) is 41.3 Å². The molecular weight excluding hydrogens is 356 g/mol. The second-order valence-corrected chi connectivity index (χ2v) is 7.13. The Morgan fingerprint density at radius 1 is 1.11 bits per heavy atom. The molecule has 0 radical (unpaired) electrons. The van der Waals surface area contributed by atoms with E-state index >= 15 is 0 Å². The Morgan fingerprint density at radius 3 is 2.29 bits per heavy atom. The minimum Gasteiger partial charge on any atom is -0.362 e. The molecule has 144 valence electrons. The zero-order valence-electron chi connectivity index (χ0n) is 16.0. The van der Waals surface area contributed by atoms with Gasteiger partial charge in [-0.25, -0.2) is 0 Å². The van der Waals surface area contributed by atoms with Gasteiger partial charge in [0, 0.05) is 37.8 Å². The van der Waals surface area contributed by atoms with Gasteiger partial charge in [0.25, 0.3) is 11.6 Å². The number of benzene rings is 2. The molecule has 0 atom stereocenters. The number of piperazine rings is 1. The lowest BCUT2D eigenvalue weighted by atomic mass is 10.0. The fraction of sp³-hybridized carbons (Fsp3) is 0.333. The Labute approximate surface area is 163 Å². The highest BCUT2D eigenvalue weighted by molar-refractivity contribution is 5.94. The average Bonchev–Trinajstić information content (AvgIpc) is 2.73. The van der Waals surface area contributed by atoms with Crippen LogP contribution < -0.4 is 4.90 Å². The van der Waals surface area contributed by atoms with E-state index in [1.165, 1.54) is 11.6 Å². The molecule has 0 spiro atoms. The molecule has 0 saturated carbocycles. The summed E-state index contributed by atoms with van der Waals surface area (Å²) in [6, 6.07) is 14.1. The van der Waals surface area contributed by atoms with E-state index in [9.17, 15) is 14.9 Å². The number of anilines is 1.